The Bertz CT molecular complexity index is 638. The van der Waals surface area contributed by atoms with Crippen LogP contribution in [0.2, 0.25) is 0 Å². The van der Waals surface area contributed by atoms with Gasteiger partial charge in [-0.05, 0) is 25.3 Å². The van der Waals surface area contributed by atoms with Crippen LogP contribution in [-0.2, 0) is 6.42 Å². The summed E-state index contributed by atoms with van der Waals surface area (Å²) in [7, 11) is 0. The molecule has 1 heterocycles. The first-order valence-electron chi connectivity index (χ1n) is 7.18. The summed E-state index contributed by atoms with van der Waals surface area (Å²) in [5, 5.41) is 0. The van der Waals surface area contributed by atoms with Gasteiger partial charge in [0.25, 0.3) is 0 Å². The van der Waals surface area contributed by atoms with Crippen molar-refractivity contribution in [3.8, 4) is 0 Å². The lowest BCUT2D eigenvalue weighted by molar-refractivity contribution is 0.768. The summed E-state index contributed by atoms with van der Waals surface area (Å²) >= 11 is 0. The summed E-state index contributed by atoms with van der Waals surface area (Å²) in [6, 6.07) is 9.98. The highest BCUT2D eigenvalue weighted by molar-refractivity contribution is 5.49. The number of nitrogens with zero attached hydrogens (tertiary/aromatic N) is 2. The van der Waals surface area contributed by atoms with Gasteiger partial charge in [-0.25, -0.2) is 9.97 Å². The number of hydrogen-bond acceptors (Lipinski definition) is 3. The molecule has 1 aliphatic rings. The molecule has 2 aromatic rings. The predicted molar refractivity (Wildman–Crippen MR) is 67.8 cm³/mol. The van der Waals surface area contributed by atoms with Crippen molar-refractivity contribution in [3.05, 3.63) is 53.0 Å². The third kappa shape index (κ3) is 1.68. The van der Waals surface area contributed by atoms with Gasteiger partial charge in [-0.2, -0.15) is 0 Å². The molecule has 0 saturated heterocycles. The molecule has 86 valence electrons. The normalized spacial score (nSPS) is 21.4. The maximum absolute atomic E-state index is 7.46. The Morgan fingerprint density at radius 3 is 2.88 bits per heavy atom. The van der Waals surface area contributed by atoms with E-state index in [1.54, 1.807) is 0 Å². The number of anilines is 1. The van der Waals surface area contributed by atoms with E-state index in [1.165, 1.54) is 0 Å². The summed E-state index contributed by atoms with van der Waals surface area (Å²) in [4.78, 5) is 8.24. The molecule has 1 aromatic carbocycles. The van der Waals surface area contributed by atoms with Gasteiger partial charge in [0.2, 0.25) is 0 Å². The van der Waals surface area contributed by atoms with E-state index in [2.05, 4.69) is 9.97 Å². The van der Waals surface area contributed by atoms with Gasteiger partial charge in [-0.1, -0.05) is 30.3 Å². The van der Waals surface area contributed by atoms with E-state index in [4.69, 9.17) is 9.85 Å². The molecule has 1 atom stereocenters. The molecule has 1 aromatic heterocycles. The first-order valence-corrected chi connectivity index (χ1v) is 5.68. The van der Waals surface area contributed by atoms with Crippen molar-refractivity contribution in [2.24, 2.45) is 0 Å². The predicted octanol–water partition coefficient (Wildman–Crippen LogP) is 2.45. The first kappa shape index (κ1) is 7.43. The number of nitrogens with two attached hydrogens (primary N) is 1. The Kier molecular flexibility index (Phi) is 1.68. The second-order valence-electron chi connectivity index (χ2n) is 4.30. The molecule has 3 heteroatoms. The van der Waals surface area contributed by atoms with Crippen LogP contribution in [0.4, 0.5) is 5.82 Å². The molecule has 0 spiro atoms. The van der Waals surface area contributed by atoms with Crippen molar-refractivity contribution in [1.29, 1.82) is 0 Å². The number of rotatable bonds is 1. The molecule has 2 N–H and O–H groups in total. The fourth-order valence-electron chi connectivity index (χ4n) is 2.50. The molecule has 0 aliphatic heterocycles. The van der Waals surface area contributed by atoms with Gasteiger partial charge in [-0.3, -0.25) is 0 Å². The van der Waals surface area contributed by atoms with Crippen molar-refractivity contribution in [1.82, 2.24) is 9.97 Å². The van der Waals surface area contributed by atoms with Crippen LogP contribution in [0.15, 0.2) is 30.3 Å². The highest BCUT2D eigenvalue weighted by Crippen LogP contribution is 2.38. The summed E-state index contributed by atoms with van der Waals surface area (Å²) in [6.07, 6.45) is 1.69. The number of hydrogen-bond donors (Lipinski definition) is 1. The largest absolute Gasteiger partial charge is 0.383 e. The number of nitrogen functional groups attached to an aromatic ring is 1. The molecule has 17 heavy (non-hydrogen) atoms. The van der Waals surface area contributed by atoms with Gasteiger partial charge < -0.3 is 5.73 Å². The van der Waals surface area contributed by atoms with Crippen LogP contribution >= 0.6 is 0 Å². The van der Waals surface area contributed by atoms with E-state index in [9.17, 15) is 0 Å². The Hall–Kier alpha value is -1.90. The van der Waals surface area contributed by atoms with Crippen LogP contribution in [0.5, 0.6) is 0 Å². The summed E-state index contributed by atoms with van der Waals surface area (Å²) < 4.78 is 22.4. The lowest BCUT2D eigenvalue weighted by Gasteiger charge is -2.11. The Morgan fingerprint density at radius 2 is 2.12 bits per heavy atom. The maximum atomic E-state index is 7.46. The highest BCUT2D eigenvalue weighted by Gasteiger charge is 2.27. The monoisotopic (exact) mass is 228 g/mol. The number of aromatic nitrogens is 2. The van der Waals surface area contributed by atoms with Gasteiger partial charge in [0.15, 0.2) is 0 Å². The van der Waals surface area contributed by atoms with E-state index in [1.807, 2.05) is 30.3 Å². The average molecular weight is 228 g/mol. The third-order valence-electron chi connectivity index (χ3n) is 3.29. The van der Waals surface area contributed by atoms with Gasteiger partial charge in [0.1, 0.15) is 11.6 Å². The van der Waals surface area contributed by atoms with E-state index < -0.39 is 6.85 Å². The fourth-order valence-corrected chi connectivity index (χ4v) is 2.50. The van der Waals surface area contributed by atoms with E-state index in [0.29, 0.717) is 5.82 Å². The van der Waals surface area contributed by atoms with Crippen LogP contribution in [0.3, 0.4) is 0 Å². The quantitative estimate of drug-likeness (QED) is 0.815. The molecule has 0 bridgehead atoms. The van der Waals surface area contributed by atoms with Crippen LogP contribution in [0, 0.1) is 6.85 Å². The smallest absolute Gasteiger partial charge is 0.130 e. The van der Waals surface area contributed by atoms with Crippen LogP contribution in [0.1, 0.15) is 39.1 Å². The SMILES string of the molecule is [2H]C([2H])([2H])c1nc(N)c2c(n1)C(c1ccccc1)CC2. The molecule has 0 radical (unpaired) electrons. The van der Waals surface area contributed by atoms with Crippen molar-refractivity contribution in [3.63, 3.8) is 0 Å². The fraction of sp³-hybridized carbons (Fsp3) is 0.286. The van der Waals surface area contributed by atoms with Crippen molar-refractivity contribution < 1.29 is 4.11 Å². The lowest BCUT2D eigenvalue weighted by Crippen LogP contribution is -2.05. The first-order chi connectivity index (χ1) is 9.47. The van der Waals surface area contributed by atoms with E-state index in [0.717, 1.165) is 29.7 Å². The standard InChI is InChI=1S/C14H15N3/c1-9-16-13-11(10-5-3-2-4-6-10)7-8-12(13)14(15)17-9/h2-6,11H,7-8H2,1H3,(H2,15,16,17)/i1D3. The van der Waals surface area contributed by atoms with E-state index >= 15 is 0 Å². The summed E-state index contributed by atoms with van der Waals surface area (Å²) in [6.45, 7) is -2.33. The Labute approximate surface area is 105 Å². The van der Waals surface area contributed by atoms with Crippen molar-refractivity contribution in [2.75, 3.05) is 5.73 Å². The van der Waals surface area contributed by atoms with Gasteiger partial charge in [0, 0.05) is 15.6 Å². The number of fused-ring (bicyclic) bond motifs is 1. The zero-order chi connectivity index (χ0) is 14.3. The molecule has 0 saturated carbocycles. The van der Waals surface area contributed by atoms with E-state index in [-0.39, 0.29) is 11.7 Å². The molecule has 3 rings (SSSR count). The molecule has 3 nitrogen and oxygen atoms in total. The summed E-state index contributed by atoms with van der Waals surface area (Å²) in [5.74, 6) is 0.258. The molecule has 0 fully saturated rings. The second-order valence-corrected chi connectivity index (χ2v) is 4.30. The van der Waals surface area contributed by atoms with Crippen LogP contribution in [-0.4, -0.2) is 9.97 Å². The van der Waals surface area contributed by atoms with Gasteiger partial charge >= 0.3 is 0 Å². The molecule has 1 aliphatic carbocycles. The topological polar surface area (TPSA) is 51.8 Å². The van der Waals surface area contributed by atoms with Gasteiger partial charge in [0.05, 0.1) is 5.69 Å². The van der Waals surface area contributed by atoms with Gasteiger partial charge in [-0.15, -0.1) is 0 Å². The molecule has 0 amide bonds. The molecular weight excluding hydrogens is 210 g/mol. The summed E-state index contributed by atoms with van der Waals surface area (Å²) in [5.41, 5.74) is 8.72. The molecular formula is C14H15N3. The van der Waals surface area contributed by atoms with Crippen LogP contribution in [0.25, 0.3) is 0 Å². The maximum Gasteiger partial charge on any atom is 0.130 e. The Morgan fingerprint density at radius 1 is 1.29 bits per heavy atom. The number of benzene rings is 1. The zero-order valence-corrected chi connectivity index (χ0v) is 9.35. The minimum Gasteiger partial charge on any atom is -0.383 e. The number of aryl methyl sites for hydroxylation is 1. The molecule has 1 unspecified atom stereocenters. The average Bonchev–Trinajstić information content (AvgIpc) is 2.83. The lowest BCUT2D eigenvalue weighted by atomic mass is 9.97. The Balaban J connectivity index is 2.11. The van der Waals surface area contributed by atoms with Crippen LogP contribution < -0.4 is 5.73 Å². The minimum atomic E-state index is -2.33. The van der Waals surface area contributed by atoms with Crippen molar-refractivity contribution in [2.45, 2.75) is 25.6 Å². The highest BCUT2D eigenvalue weighted by atomic mass is 15.0. The second kappa shape index (κ2) is 3.84. The minimum absolute atomic E-state index is 0.109. The van der Waals surface area contributed by atoms with Crippen molar-refractivity contribution >= 4 is 5.82 Å². The zero-order valence-electron chi connectivity index (χ0n) is 12.4. The third-order valence-corrected chi connectivity index (χ3v) is 3.29.